The Morgan fingerprint density at radius 2 is 1.70 bits per heavy atom. The first-order valence-electron chi connectivity index (χ1n) is 9.09. The Balaban J connectivity index is 1.43. The number of para-hydroxylation sites is 1. The third-order valence-corrected chi connectivity index (χ3v) is 5.69. The van der Waals surface area contributed by atoms with Gasteiger partial charge in [0.25, 0.3) is 0 Å². The average molecular weight is 379 g/mol. The van der Waals surface area contributed by atoms with E-state index < -0.39 is 0 Å². The quantitative estimate of drug-likeness (QED) is 0.542. The average Bonchev–Trinajstić information content (AvgIpc) is 3.34. The highest BCUT2D eigenvalue weighted by molar-refractivity contribution is 7.18. The first-order valence-corrected chi connectivity index (χ1v) is 9.91. The van der Waals surface area contributed by atoms with Crippen LogP contribution < -0.4 is 15.8 Å². The van der Waals surface area contributed by atoms with Gasteiger partial charge in [-0.25, -0.2) is 4.98 Å². The van der Waals surface area contributed by atoms with Crippen LogP contribution in [0.1, 0.15) is 35.4 Å². The Morgan fingerprint density at radius 1 is 1.04 bits per heavy atom. The van der Waals surface area contributed by atoms with E-state index in [4.69, 9.17) is 10.5 Å². The predicted octanol–water partition coefficient (Wildman–Crippen LogP) is 5.63. The summed E-state index contributed by atoms with van der Waals surface area (Å²) in [5.74, 6) is 2.11. The number of benzene rings is 2. The van der Waals surface area contributed by atoms with E-state index in [-0.39, 0.29) is 11.7 Å². The largest absolute Gasteiger partial charge is 0.457 e. The number of nitrogens with two attached hydrogens (primary N) is 1. The fourth-order valence-electron chi connectivity index (χ4n) is 3.29. The molecule has 0 unspecified atom stereocenters. The van der Waals surface area contributed by atoms with E-state index in [0.717, 1.165) is 42.9 Å². The summed E-state index contributed by atoms with van der Waals surface area (Å²) in [6.07, 6.45) is 4.17. The van der Waals surface area contributed by atoms with E-state index in [1.165, 1.54) is 11.3 Å². The predicted molar refractivity (Wildman–Crippen MR) is 109 cm³/mol. The van der Waals surface area contributed by atoms with Crippen molar-refractivity contribution in [3.05, 3.63) is 59.5 Å². The molecule has 1 fully saturated rings. The number of nitrogen functional groups attached to an aromatic ring is 1. The summed E-state index contributed by atoms with van der Waals surface area (Å²) in [7, 11) is 0. The van der Waals surface area contributed by atoms with Crippen molar-refractivity contribution >= 4 is 33.8 Å². The second-order valence-corrected chi connectivity index (χ2v) is 7.64. The monoisotopic (exact) mass is 379 g/mol. The molecule has 1 aliphatic carbocycles. The third-order valence-electron chi connectivity index (χ3n) is 4.69. The summed E-state index contributed by atoms with van der Waals surface area (Å²) in [6, 6.07) is 17.2. The maximum atomic E-state index is 12.6. The zero-order chi connectivity index (χ0) is 18.6. The summed E-state index contributed by atoms with van der Waals surface area (Å²) in [5.41, 5.74) is 6.86. The van der Waals surface area contributed by atoms with Gasteiger partial charge in [-0.15, -0.1) is 0 Å². The van der Waals surface area contributed by atoms with Crippen LogP contribution in [0.25, 0.3) is 0 Å². The second-order valence-electron chi connectivity index (χ2n) is 6.64. The summed E-state index contributed by atoms with van der Waals surface area (Å²) < 4.78 is 5.79. The fraction of sp³-hybridized carbons (Fsp3) is 0.238. The van der Waals surface area contributed by atoms with Crippen LogP contribution in [0.5, 0.6) is 11.5 Å². The first-order chi connectivity index (χ1) is 13.2. The minimum atomic E-state index is 0.106. The van der Waals surface area contributed by atoms with Crippen molar-refractivity contribution < 1.29 is 9.53 Å². The second kappa shape index (κ2) is 7.80. The SMILES string of the molecule is Nc1nc(Nc2ccc(Oc3ccccc3)cc2)sc1C(=O)C1CCCC1. The molecule has 27 heavy (non-hydrogen) atoms. The van der Waals surface area contributed by atoms with Gasteiger partial charge in [-0.05, 0) is 49.2 Å². The van der Waals surface area contributed by atoms with E-state index in [1.807, 2.05) is 54.6 Å². The summed E-state index contributed by atoms with van der Waals surface area (Å²) in [6.45, 7) is 0. The van der Waals surface area contributed by atoms with Gasteiger partial charge in [0.2, 0.25) is 0 Å². The molecule has 3 N–H and O–H groups in total. The maximum Gasteiger partial charge on any atom is 0.189 e. The normalized spacial score (nSPS) is 14.2. The van der Waals surface area contributed by atoms with Gasteiger partial charge in [0.15, 0.2) is 10.9 Å². The van der Waals surface area contributed by atoms with Crippen LogP contribution in [0.15, 0.2) is 54.6 Å². The molecule has 0 radical (unpaired) electrons. The molecule has 0 atom stereocenters. The Bertz CT molecular complexity index is 916. The van der Waals surface area contributed by atoms with Crippen molar-refractivity contribution in [3.8, 4) is 11.5 Å². The number of aromatic nitrogens is 1. The van der Waals surface area contributed by atoms with Gasteiger partial charge in [-0.1, -0.05) is 42.4 Å². The van der Waals surface area contributed by atoms with Gasteiger partial charge >= 0.3 is 0 Å². The smallest absolute Gasteiger partial charge is 0.189 e. The number of carbonyl (C=O) groups excluding carboxylic acids is 1. The van der Waals surface area contributed by atoms with Crippen molar-refractivity contribution in [2.24, 2.45) is 5.92 Å². The highest BCUT2D eigenvalue weighted by atomic mass is 32.1. The molecule has 1 heterocycles. The fourth-order valence-corrected chi connectivity index (χ4v) is 4.21. The Hall–Kier alpha value is -2.86. The molecule has 2 aromatic carbocycles. The van der Waals surface area contributed by atoms with Gasteiger partial charge in [0.05, 0.1) is 0 Å². The van der Waals surface area contributed by atoms with Gasteiger partial charge in [-0.3, -0.25) is 4.79 Å². The maximum absolute atomic E-state index is 12.6. The number of anilines is 3. The molecule has 6 heteroatoms. The molecule has 4 rings (SSSR count). The minimum absolute atomic E-state index is 0.106. The molecule has 138 valence electrons. The van der Waals surface area contributed by atoms with E-state index in [1.54, 1.807) is 0 Å². The molecule has 0 bridgehead atoms. The number of hydrogen-bond acceptors (Lipinski definition) is 6. The highest BCUT2D eigenvalue weighted by Gasteiger charge is 2.27. The van der Waals surface area contributed by atoms with Gasteiger partial charge in [-0.2, -0.15) is 0 Å². The zero-order valence-electron chi connectivity index (χ0n) is 14.9. The third kappa shape index (κ3) is 4.11. The molecule has 3 aromatic rings. The van der Waals surface area contributed by atoms with E-state index in [0.29, 0.717) is 15.8 Å². The Kier molecular flexibility index (Phi) is 5.07. The molecule has 1 aromatic heterocycles. The number of carbonyl (C=O) groups is 1. The van der Waals surface area contributed by atoms with Crippen molar-refractivity contribution in [2.45, 2.75) is 25.7 Å². The molecular formula is C21H21N3O2S. The van der Waals surface area contributed by atoms with Crippen molar-refractivity contribution in [1.82, 2.24) is 4.98 Å². The molecule has 5 nitrogen and oxygen atoms in total. The van der Waals surface area contributed by atoms with E-state index in [9.17, 15) is 4.79 Å². The van der Waals surface area contributed by atoms with Crippen molar-refractivity contribution in [2.75, 3.05) is 11.1 Å². The molecule has 1 saturated carbocycles. The summed E-state index contributed by atoms with van der Waals surface area (Å²) in [4.78, 5) is 17.5. The molecule has 0 saturated heterocycles. The van der Waals surface area contributed by atoms with Crippen LogP contribution in [0, 0.1) is 5.92 Å². The van der Waals surface area contributed by atoms with Gasteiger partial charge in [0.1, 0.15) is 22.2 Å². The minimum Gasteiger partial charge on any atom is -0.457 e. The lowest BCUT2D eigenvalue weighted by molar-refractivity contribution is 0.0927. The molecule has 0 amide bonds. The van der Waals surface area contributed by atoms with Gasteiger partial charge < -0.3 is 15.8 Å². The van der Waals surface area contributed by atoms with Gasteiger partial charge in [0, 0.05) is 11.6 Å². The number of ketones is 1. The standard InChI is InChI=1S/C21H21N3O2S/c22-20-19(18(25)14-6-4-5-7-14)27-21(24-20)23-15-10-12-17(13-11-15)26-16-8-2-1-3-9-16/h1-3,8-14H,4-7,22H2,(H,23,24). The number of Topliss-reactive ketones (excluding diaryl/α,β-unsaturated/α-hetero) is 1. The number of nitrogens with one attached hydrogen (secondary N) is 1. The van der Waals surface area contributed by atoms with Crippen LogP contribution in [0.2, 0.25) is 0 Å². The van der Waals surface area contributed by atoms with Crippen molar-refractivity contribution in [1.29, 1.82) is 0 Å². The van der Waals surface area contributed by atoms with Crippen LogP contribution in [-0.4, -0.2) is 10.8 Å². The van der Waals surface area contributed by atoms with Crippen LogP contribution in [-0.2, 0) is 0 Å². The Morgan fingerprint density at radius 3 is 2.41 bits per heavy atom. The van der Waals surface area contributed by atoms with Crippen LogP contribution in [0.3, 0.4) is 0 Å². The van der Waals surface area contributed by atoms with Crippen LogP contribution >= 0.6 is 11.3 Å². The molecule has 0 spiro atoms. The highest BCUT2D eigenvalue weighted by Crippen LogP contribution is 2.35. The molecule has 1 aliphatic rings. The van der Waals surface area contributed by atoms with E-state index >= 15 is 0 Å². The lowest BCUT2D eigenvalue weighted by atomic mass is 10.0. The number of thiazole rings is 1. The van der Waals surface area contributed by atoms with Crippen molar-refractivity contribution in [3.63, 3.8) is 0 Å². The van der Waals surface area contributed by atoms with E-state index in [2.05, 4.69) is 10.3 Å². The molecule has 0 aliphatic heterocycles. The lowest BCUT2D eigenvalue weighted by Gasteiger charge is -2.07. The number of ether oxygens (including phenoxy) is 1. The Labute approximate surface area is 162 Å². The number of hydrogen-bond donors (Lipinski definition) is 2. The topological polar surface area (TPSA) is 77.2 Å². The summed E-state index contributed by atoms with van der Waals surface area (Å²) in [5, 5.41) is 3.85. The first kappa shape index (κ1) is 17.5. The lowest BCUT2D eigenvalue weighted by Crippen LogP contribution is -2.11. The van der Waals surface area contributed by atoms with Crippen LogP contribution in [0.4, 0.5) is 16.6 Å². The summed E-state index contributed by atoms with van der Waals surface area (Å²) >= 11 is 1.33. The number of rotatable bonds is 6. The zero-order valence-corrected chi connectivity index (χ0v) is 15.7. The number of nitrogens with zero attached hydrogens (tertiary/aromatic N) is 1. The molecular weight excluding hydrogens is 358 g/mol.